The predicted octanol–water partition coefficient (Wildman–Crippen LogP) is 3.10. The summed E-state index contributed by atoms with van der Waals surface area (Å²) in [6.45, 7) is 6.40. The van der Waals surface area contributed by atoms with Crippen LogP contribution in [0.3, 0.4) is 0 Å². The Balaban J connectivity index is 1.92. The molecule has 2 heterocycles. The lowest BCUT2D eigenvalue weighted by atomic mass is 10.0. The third kappa shape index (κ3) is 3.81. The minimum absolute atomic E-state index is 0.134. The van der Waals surface area contributed by atoms with E-state index >= 15 is 0 Å². The van der Waals surface area contributed by atoms with Crippen LogP contribution in [0.4, 0.5) is 4.79 Å². The molecule has 1 unspecified atom stereocenters. The molecule has 0 radical (unpaired) electrons. The van der Waals surface area contributed by atoms with Crippen molar-refractivity contribution in [1.29, 1.82) is 0 Å². The van der Waals surface area contributed by atoms with Crippen molar-refractivity contribution in [3.63, 3.8) is 0 Å². The number of hydrogen-bond donors (Lipinski definition) is 0. The molecule has 1 aliphatic rings. The number of likely N-dealkylation sites (tertiary alicyclic amines) is 1. The quantitative estimate of drug-likeness (QED) is 0.820. The highest BCUT2D eigenvalue weighted by Crippen LogP contribution is 2.22. The third-order valence-corrected chi connectivity index (χ3v) is 2.89. The van der Waals surface area contributed by atoms with E-state index in [2.05, 4.69) is 4.98 Å². The molecule has 0 aliphatic carbocycles. The van der Waals surface area contributed by atoms with Gasteiger partial charge < -0.3 is 9.64 Å². The molecule has 1 fully saturated rings. The summed E-state index contributed by atoms with van der Waals surface area (Å²) in [5.74, 6) is 0. The van der Waals surface area contributed by atoms with Crippen molar-refractivity contribution in [2.24, 2.45) is 0 Å². The molecular weight excluding hydrogens is 240 g/mol. The summed E-state index contributed by atoms with van der Waals surface area (Å²) >= 11 is 0. The molecule has 1 aromatic heterocycles. The molecule has 0 saturated carbocycles. The van der Waals surface area contributed by atoms with Crippen LogP contribution in [0, 0.1) is 0 Å². The molecule has 19 heavy (non-hydrogen) atoms. The van der Waals surface area contributed by atoms with Gasteiger partial charge in [-0.15, -0.1) is 0 Å². The van der Waals surface area contributed by atoms with Crippen LogP contribution in [0.15, 0.2) is 30.6 Å². The van der Waals surface area contributed by atoms with Gasteiger partial charge in [0.2, 0.25) is 0 Å². The SMILES string of the molecule is CC(C)(C)OC(=O)N1CCC1C=Cc1cccnc1. The van der Waals surface area contributed by atoms with Gasteiger partial charge >= 0.3 is 6.09 Å². The number of rotatable bonds is 2. The second-order valence-electron chi connectivity index (χ2n) is 5.68. The van der Waals surface area contributed by atoms with Gasteiger partial charge in [0.05, 0.1) is 6.04 Å². The third-order valence-electron chi connectivity index (χ3n) is 2.89. The number of hydrogen-bond acceptors (Lipinski definition) is 3. The summed E-state index contributed by atoms with van der Waals surface area (Å²) in [5, 5.41) is 0. The van der Waals surface area contributed by atoms with E-state index in [1.807, 2.05) is 45.1 Å². The van der Waals surface area contributed by atoms with Crippen molar-refractivity contribution >= 4 is 12.2 Å². The molecule has 1 aliphatic heterocycles. The van der Waals surface area contributed by atoms with Gasteiger partial charge in [0, 0.05) is 18.9 Å². The second kappa shape index (κ2) is 5.43. The molecule has 0 N–H and O–H groups in total. The predicted molar refractivity (Wildman–Crippen MR) is 74.6 cm³/mol. The van der Waals surface area contributed by atoms with Crippen molar-refractivity contribution in [3.05, 3.63) is 36.2 Å². The zero-order valence-corrected chi connectivity index (χ0v) is 11.7. The standard InChI is InChI=1S/C15H20N2O2/c1-15(2,3)19-14(18)17-10-8-13(17)7-6-12-5-4-9-16-11-12/h4-7,9,11,13H,8,10H2,1-3H3. The Morgan fingerprint density at radius 3 is 2.84 bits per heavy atom. The number of carbonyl (C=O) groups excluding carboxylic acids is 1. The second-order valence-corrected chi connectivity index (χ2v) is 5.68. The van der Waals surface area contributed by atoms with E-state index in [0.29, 0.717) is 0 Å². The highest BCUT2D eigenvalue weighted by atomic mass is 16.6. The zero-order valence-electron chi connectivity index (χ0n) is 11.7. The van der Waals surface area contributed by atoms with Gasteiger partial charge in [-0.05, 0) is 38.8 Å². The summed E-state index contributed by atoms with van der Waals surface area (Å²) in [6.07, 6.45) is 8.31. The maximum atomic E-state index is 11.9. The number of amides is 1. The van der Waals surface area contributed by atoms with E-state index in [1.165, 1.54) is 0 Å². The fraction of sp³-hybridized carbons (Fsp3) is 0.467. The van der Waals surface area contributed by atoms with Crippen LogP contribution in [0.2, 0.25) is 0 Å². The molecule has 102 valence electrons. The number of pyridine rings is 1. The number of carbonyl (C=O) groups is 1. The summed E-state index contributed by atoms with van der Waals surface area (Å²) in [5.41, 5.74) is 0.600. The van der Waals surface area contributed by atoms with Gasteiger partial charge in [-0.2, -0.15) is 0 Å². The average molecular weight is 260 g/mol. The molecule has 4 heteroatoms. The van der Waals surface area contributed by atoms with Crippen molar-refractivity contribution < 1.29 is 9.53 Å². The first-order valence-electron chi connectivity index (χ1n) is 6.53. The zero-order chi connectivity index (χ0) is 13.9. The van der Waals surface area contributed by atoms with Crippen LogP contribution in [-0.4, -0.2) is 34.2 Å². The minimum Gasteiger partial charge on any atom is -0.444 e. The van der Waals surface area contributed by atoms with Crippen molar-refractivity contribution in [2.45, 2.75) is 38.8 Å². The van der Waals surface area contributed by atoms with E-state index < -0.39 is 5.60 Å². The van der Waals surface area contributed by atoms with Crippen molar-refractivity contribution in [3.8, 4) is 0 Å². The smallest absolute Gasteiger partial charge is 0.410 e. The summed E-state index contributed by atoms with van der Waals surface area (Å²) < 4.78 is 5.36. The molecule has 1 saturated heterocycles. The highest BCUT2D eigenvalue weighted by Gasteiger charge is 2.33. The lowest BCUT2D eigenvalue weighted by molar-refractivity contribution is 0.00292. The summed E-state index contributed by atoms with van der Waals surface area (Å²) in [4.78, 5) is 17.7. The largest absolute Gasteiger partial charge is 0.444 e. The maximum Gasteiger partial charge on any atom is 0.410 e. The first-order valence-corrected chi connectivity index (χ1v) is 6.53. The Bertz CT molecular complexity index is 463. The Labute approximate surface area is 114 Å². The Hall–Kier alpha value is -1.84. The topological polar surface area (TPSA) is 42.4 Å². The molecule has 1 amide bonds. The molecule has 4 nitrogen and oxygen atoms in total. The normalized spacial score (nSPS) is 19.3. The summed E-state index contributed by atoms with van der Waals surface area (Å²) in [7, 11) is 0. The Kier molecular flexibility index (Phi) is 3.88. The van der Waals surface area contributed by atoms with Gasteiger partial charge in [0.25, 0.3) is 0 Å². The van der Waals surface area contributed by atoms with Crippen LogP contribution in [-0.2, 0) is 4.74 Å². The Morgan fingerprint density at radius 2 is 2.32 bits per heavy atom. The molecule has 0 bridgehead atoms. The molecule has 0 aromatic carbocycles. The molecule has 1 aromatic rings. The van der Waals surface area contributed by atoms with Crippen molar-refractivity contribution in [1.82, 2.24) is 9.88 Å². The van der Waals surface area contributed by atoms with Gasteiger partial charge in [-0.25, -0.2) is 4.79 Å². The van der Waals surface area contributed by atoms with Gasteiger partial charge in [0.15, 0.2) is 0 Å². The molecule has 0 spiro atoms. The van der Waals surface area contributed by atoms with E-state index in [4.69, 9.17) is 4.74 Å². The van der Waals surface area contributed by atoms with Crippen LogP contribution in [0.5, 0.6) is 0 Å². The average Bonchev–Trinajstić information content (AvgIpc) is 2.26. The van der Waals surface area contributed by atoms with E-state index in [-0.39, 0.29) is 12.1 Å². The number of aromatic nitrogens is 1. The van der Waals surface area contributed by atoms with E-state index in [0.717, 1.165) is 18.5 Å². The van der Waals surface area contributed by atoms with Crippen LogP contribution < -0.4 is 0 Å². The first kappa shape index (κ1) is 13.6. The molecule has 1 atom stereocenters. The lowest BCUT2D eigenvalue weighted by Crippen LogP contribution is -2.51. The van der Waals surface area contributed by atoms with E-state index in [1.54, 1.807) is 17.3 Å². The van der Waals surface area contributed by atoms with Crippen molar-refractivity contribution in [2.75, 3.05) is 6.54 Å². The maximum absolute atomic E-state index is 11.9. The fourth-order valence-electron chi connectivity index (χ4n) is 1.85. The Morgan fingerprint density at radius 1 is 1.53 bits per heavy atom. The van der Waals surface area contributed by atoms with Crippen LogP contribution >= 0.6 is 0 Å². The number of ether oxygens (including phenoxy) is 1. The monoisotopic (exact) mass is 260 g/mol. The summed E-state index contributed by atoms with van der Waals surface area (Å²) in [6, 6.07) is 4.02. The lowest BCUT2D eigenvalue weighted by Gasteiger charge is -2.39. The first-order chi connectivity index (χ1) is 8.96. The van der Waals surface area contributed by atoms with Crippen LogP contribution in [0.25, 0.3) is 6.08 Å². The van der Waals surface area contributed by atoms with Gasteiger partial charge in [-0.3, -0.25) is 4.98 Å². The fourth-order valence-corrected chi connectivity index (χ4v) is 1.85. The molecular formula is C15H20N2O2. The van der Waals surface area contributed by atoms with Gasteiger partial charge in [0.1, 0.15) is 5.60 Å². The highest BCUT2D eigenvalue weighted by molar-refractivity contribution is 5.70. The minimum atomic E-state index is -0.440. The number of nitrogens with zero attached hydrogens (tertiary/aromatic N) is 2. The molecule has 2 rings (SSSR count). The van der Waals surface area contributed by atoms with Gasteiger partial charge in [-0.1, -0.05) is 18.2 Å². The van der Waals surface area contributed by atoms with E-state index in [9.17, 15) is 4.79 Å². The van der Waals surface area contributed by atoms with Crippen LogP contribution in [0.1, 0.15) is 32.8 Å².